The molecule has 0 spiro atoms. The summed E-state index contributed by atoms with van der Waals surface area (Å²) in [5, 5.41) is 0. The van der Waals surface area contributed by atoms with Crippen LogP contribution < -0.4 is 5.73 Å². The predicted molar refractivity (Wildman–Crippen MR) is 65.0 cm³/mol. The number of hydrogen-bond acceptors (Lipinski definition) is 3. The van der Waals surface area contributed by atoms with Crippen LogP contribution in [-0.2, 0) is 16.0 Å². The van der Waals surface area contributed by atoms with Crippen LogP contribution in [0.3, 0.4) is 0 Å². The van der Waals surface area contributed by atoms with Gasteiger partial charge in [-0.25, -0.2) is 4.39 Å². The van der Waals surface area contributed by atoms with Crippen LogP contribution in [0.25, 0.3) is 0 Å². The number of carbonyl (C=O) groups excluding carboxylic acids is 1. The molecule has 0 saturated carbocycles. The Labute approximate surface area is 101 Å². The Balaban J connectivity index is 2.56. The van der Waals surface area contributed by atoms with Gasteiger partial charge in [0, 0.05) is 12.1 Å². The summed E-state index contributed by atoms with van der Waals surface area (Å²) in [5.74, 6) is -0.679. The molecule has 3 nitrogen and oxygen atoms in total. The molecule has 0 aromatic heterocycles. The monoisotopic (exact) mass is 239 g/mol. The number of carbonyl (C=O) groups is 1. The largest absolute Gasteiger partial charge is 0.460 e. The molecule has 0 aliphatic carbocycles. The Morgan fingerprint density at radius 3 is 2.65 bits per heavy atom. The molecule has 1 aromatic rings. The van der Waals surface area contributed by atoms with Gasteiger partial charge in [0.2, 0.25) is 0 Å². The number of hydrogen-bond donors (Lipinski definition) is 1. The Hall–Kier alpha value is -1.58. The van der Waals surface area contributed by atoms with Gasteiger partial charge in [0.1, 0.15) is 11.4 Å². The Morgan fingerprint density at radius 2 is 2.06 bits per heavy atom. The third kappa shape index (κ3) is 4.85. The fourth-order valence-corrected chi connectivity index (χ4v) is 1.42. The quantitative estimate of drug-likeness (QED) is 0.651. The molecule has 0 heterocycles. The predicted octanol–water partition coefficient (Wildman–Crippen LogP) is 2.68. The van der Waals surface area contributed by atoms with Gasteiger partial charge in [-0.05, 0) is 51.0 Å². The van der Waals surface area contributed by atoms with Crippen LogP contribution in [0.1, 0.15) is 32.8 Å². The SMILES string of the molecule is CC(C)(C)OC(=O)CCc1cc(N)ccc1F. The molecule has 94 valence electrons. The molecule has 0 bridgehead atoms. The summed E-state index contributed by atoms with van der Waals surface area (Å²) in [7, 11) is 0. The fourth-order valence-electron chi connectivity index (χ4n) is 1.42. The van der Waals surface area contributed by atoms with Crippen LogP contribution in [-0.4, -0.2) is 11.6 Å². The molecule has 0 aliphatic rings. The number of aryl methyl sites for hydroxylation is 1. The van der Waals surface area contributed by atoms with Gasteiger partial charge < -0.3 is 10.5 Å². The summed E-state index contributed by atoms with van der Waals surface area (Å²) in [6.07, 6.45) is 0.448. The van der Waals surface area contributed by atoms with Gasteiger partial charge in [0.25, 0.3) is 0 Å². The molecular weight excluding hydrogens is 221 g/mol. The van der Waals surface area contributed by atoms with Crippen molar-refractivity contribution in [3.63, 3.8) is 0 Å². The van der Waals surface area contributed by atoms with Crippen molar-refractivity contribution in [3.8, 4) is 0 Å². The number of ether oxygens (including phenoxy) is 1. The van der Waals surface area contributed by atoms with Crippen molar-refractivity contribution in [2.24, 2.45) is 0 Å². The second kappa shape index (κ2) is 5.17. The van der Waals surface area contributed by atoms with Gasteiger partial charge in [-0.2, -0.15) is 0 Å². The van der Waals surface area contributed by atoms with E-state index < -0.39 is 5.60 Å². The van der Waals surface area contributed by atoms with Crippen LogP contribution in [0.5, 0.6) is 0 Å². The Kier molecular flexibility index (Phi) is 4.10. The number of nitrogens with two attached hydrogens (primary N) is 1. The Morgan fingerprint density at radius 1 is 1.41 bits per heavy atom. The maximum atomic E-state index is 13.4. The van der Waals surface area contributed by atoms with Gasteiger partial charge >= 0.3 is 5.97 Å². The molecule has 4 heteroatoms. The molecule has 17 heavy (non-hydrogen) atoms. The third-order valence-electron chi connectivity index (χ3n) is 2.09. The zero-order valence-electron chi connectivity index (χ0n) is 10.4. The molecule has 1 aromatic carbocycles. The van der Waals surface area contributed by atoms with Gasteiger partial charge in [0.05, 0.1) is 0 Å². The smallest absolute Gasteiger partial charge is 0.306 e. The summed E-state index contributed by atoms with van der Waals surface area (Å²) < 4.78 is 18.5. The third-order valence-corrected chi connectivity index (χ3v) is 2.09. The average Bonchev–Trinajstić information content (AvgIpc) is 2.17. The summed E-state index contributed by atoms with van der Waals surface area (Å²) in [5.41, 5.74) is 5.98. The first-order valence-corrected chi connectivity index (χ1v) is 5.54. The zero-order valence-corrected chi connectivity index (χ0v) is 10.4. The first kappa shape index (κ1) is 13.5. The highest BCUT2D eigenvalue weighted by molar-refractivity contribution is 5.70. The average molecular weight is 239 g/mol. The van der Waals surface area contributed by atoms with E-state index in [1.54, 1.807) is 26.8 Å². The fraction of sp³-hybridized carbons (Fsp3) is 0.462. The number of anilines is 1. The normalized spacial score (nSPS) is 11.3. The van der Waals surface area contributed by atoms with Crippen LogP contribution in [0.4, 0.5) is 10.1 Å². The first-order chi connectivity index (χ1) is 7.78. The number of benzene rings is 1. The summed E-state index contributed by atoms with van der Waals surface area (Å²) in [4.78, 5) is 11.5. The lowest BCUT2D eigenvalue weighted by Crippen LogP contribution is -2.24. The molecule has 0 saturated heterocycles. The number of esters is 1. The lowest BCUT2D eigenvalue weighted by Gasteiger charge is -2.19. The van der Waals surface area contributed by atoms with Crippen molar-refractivity contribution in [3.05, 3.63) is 29.6 Å². The number of nitrogen functional groups attached to an aromatic ring is 1. The van der Waals surface area contributed by atoms with E-state index in [2.05, 4.69) is 0 Å². The van der Waals surface area contributed by atoms with Crippen molar-refractivity contribution in [2.45, 2.75) is 39.2 Å². The maximum absolute atomic E-state index is 13.4. The highest BCUT2D eigenvalue weighted by Gasteiger charge is 2.16. The van der Waals surface area contributed by atoms with Crippen LogP contribution in [0.15, 0.2) is 18.2 Å². The molecular formula is C13H18FNO2. The zero-order chi connectivity index (χ0) is 13.1. The van der Waals surface area contributed by atoms with Gasteiger partial charge in [-0.1, -0.05) is 0 Å². The molecule has 1 rings (SSSR count). The minimum absolute atomic E-state index is 0.150. The minimum atomic E-state index is -0.509. The molecule has 0 unspecified atom stereocenters. The standard InChI is InChI=1S/C13H18FNO2/c1-13(2,3)17-12(16)7-4-9-8-10(15)5-6-11(9)14/h5-6,8H,4,7,15H2,1-3H3. The number of halogens is 1. The second-order valence-corrected chi connectivity index (χ2v) is 4.94. The van der Waals surface area contributed by atoms with E-state index in [1.165, 1.54) is 12.1 Å². The van der Waals surface area contributed by atoms with Crippen LogP contribution in [0, 0.1) is 5.82 Å². The lowest BCUT2D eigenvalue weighted by atomic mass is 10.1. The summed E-state index contributed by atoms with van der Waals surface area (Å²) >= 11 is 0. The Bertz CT molecular complexity index is 410. The highest BCUT2D eigenvalue weighted by Crippen LogP contribution is 2.15. The van der Waals surface area contributed by atoms with Crippen molar-refractivity contribution >= 4 is 11.7 Å². The molecule has 2 N–H and O–H groups in total. The van der Waals surface area contributed by atoms with Crippen molar-refractivity contribution in [2.75, 3.05) is 5.73 Å². The van der Waals surface area contributed by atoms with E-state index in [1.807, 2.05) is 0 Å². The summed E-state index contributed by atoms with van der Waals surface area (Å²) in [6, 6.07) is 4.34. The topological polar surface area (TPSA) is 52.3 Å². The van der Waals surface area contributed by atoms with E-state index >= 15 is 0 Å². The summed E-state index contributed by atoms with van der Waals surface area (Å²) in [6.45, 7) is 5.39. The number of rotatable bonds is 3. The second-order valence-electron chi connectivity index (χ2n) is 4.94. The van der Waals surface area contributed by atoms with E-state index in [0.717, 1.165) is 0 Å². The maximum Gasteiger partial charge on any atom is 0.306 e. The van der Waals surface area contributed by atoms with Gasteiger partial charge in [-0.15, -0.1) is 0 Å². The van der Waals surface area contributed by atoms with Crippen molar-refractivity contribution in [1.29, 1.82) is 0 Å². The molecule has 0 aliphatic heterocycles. The van der Waals surface area contributed by atoms with Crippen molar-refractivity contribution < 1.29 is 13.9 Å². The molecule has 0 fully saturated rings. The van der Waals surface area contributed by atoms with Gasteiger partial charge in [-0.3, -0.25) is 4.79 Å². The van der Waals surface area contributed by atoms with Crippen LogP contribution in [0.2, 0.25) is 0 Å². The van der Waals surface area contributed by atoms with E-state index in [0.29, 0.717) is 17.7 Å². The van der Waals surface area contributed by atoms with Crippen LogP contribution >= 0.6 is 0 Å². The highest BCUT2D eigenvalue weighted by atomic mass is 19.1. The molecule has 0 atom stereocenters. The molecule has 0 radical (unpaired) electrons. The molecule has 0 amide bonds. The first-order valence-electron chi connectivity index (χ1n) is 5.54. The van der Waals surface area contributed by atoms with E-state index in [4.69, 9.17) is 10.5 Å². The lowest BCUT2D eigenvalue weighted by molar-refractivity contribution is -0.154. The van der Waals surface area contributed by atoms with E-state index in [-0.39, 0.29) is 18.2 Å². The van der Waals surface area contributed by atoms with E-state index in [9.17, 15) is 9.18 Å². The van der Waals surface area contributed by atoms with Crippen molar-refractivity contribution in [1.82, 2.24) is 0 Å². The minimum Gasteiger partial charge on any atom is -0.460 e. The van der Waals surface area contributed by atoms with Gasteiger partial charge in [0.15, 0.2) is 0 Å².